The molecule has 0 saturated carbocycles. The topological polar surface area (TPSA) is 64.7 Å². The van der Waals surface area contributed by atoms with Crippen molar-refractivity contribution in [2.75, 3.05) is 5.75 Å². The SMILES string of the molecule is CC(OC(=O)CS)S1(N)C=CN=C1. The van der Waals surface area contributed by atoms with Gasteiger partial charge in [-0.15, -0.1) is 0 Å². The summed E-state index contributed by atoms with van der Waals surface area (Å²) in [5.41, 5.74) is 1.30. The lowest BCUT2D eigenvalue weighted by Gasteiger charge is -2.30. The average molecular weight is 220 g/mol. The van der Waals surface area contributed by atoms with Crippen molar-refractivity contribution in [1.29, 1.82) is 0 Å². The van der Waals surface area contributed by atoms with Gasteiger partial charge in [0.15, 0.2) is 0 Å². The summed E-state index contributed by atoms with van der Waals surface area (Å²) in [7, 11) is -1.64. The van der Waals surface area contributed by atoms with Crippen LogP contribution in [0, 0.1) is 0 Å². The molecule has 0 spiro atoms. The zero-order valence-electron chi connectivity index (χ0n) is 7.21. The Morgan fingerprint density at radius 3 is 3.00 bits per heavy atom. The number of nitrogens with two attached hydrogens (primary N) is 1. The maximum Gasteiger partial charge on any atom is 0.316 e. The number of rotatable bonds is 3. The molecular formula is C7H12N2O2S2. The number of esters is 1. The van der Waals surface area contributed by atoms with Crippen LogP contribution in [0.15, 0.2) is 16.6 Å². The highest BCUT2D eigenvalue weighted by Gasteiger charge is 2.26. The van der Waals surface area contributed by atoms with Crippen LogP contribution in [0.1, 0.15) is 6.92 Å². The fourth-order valence-electron chi connectivity index (χ4n) is 0.818. The van der Waals surface area contributed by atoms with Crippen LogP contribution in [0.5, 0.6) is 0 Å². The Hall–Kier alpha value is -0.460. The molecule has 4 nitrogen and oxygen atoms in total. The molecule has 6 heteroatoms. The summed E-state index contributed by atoms with van der Waals surface area (Å²) >= 11 is 3.80. The van der Waals surface area contributed by atoms with Gasteiger partial charge in [0.1, 0.15) is 5.44 Å². The molecule has 0 radical (unpaired) electrons. The van der Waals surface area contributed by atoms with Crippen molar-refractivity contribution in [2.24, 2.45) is 10.1 Å². The summed E-state index contributed by atoms with van der Waals surface area (Å²) in [6.45, 7) is 1.76. The molecule has 1 aliphatic heterocycles. The first-order valence-electron chi connectivity index (χ1n) is 3.68. The molecule has 0 saturated heterocycles. The fourth-order valence-corrected chi connectivity index (χ4v) is 2.19. The Balaban J connectivity index is 2.57. The van der Waals surface area contributed by atoms with Crippen LogP contribution in [0.4, 0.5) is 0 Å². The minimum absolute atomic E-state index is 0.0702. The minimum atomic E-state index is -1.64. The van der Waals surface area contributed by atoms with Crippen LogP contribution in [-0.4, -0.2) is 22.7 Å². The van der Waals surface area contributed by atoms with E-state index in [1.54, 1.807) is 24.1 Å². The van der Waals surface area contributed by atoms with Gasteiger partial charge in [0.05, 0.1) is 11.3 Å². The predicted octanol–water partition coefficient (Wildman–Crippen LogP) is 0.997. The molecule has 0 amide bonds. The zero-order chi connectivity index (χ0) is 9.90. The van der Waals surface area contributed by atoms with Gasteiger partial charge in [-0.05, 0) is 12.3 Å². The van der Waals surface area contributed by atoms with Crippen LogP contribution in [0.25, 0.3) is 0 Å². The van der Waals surface area contributed by atoms with Gasteiger partial charge in [-0.25, -0.2) is 0 Å². The van der Waals surface area contributed by atoms with E-state index in [4.69, 9.17) is 9.88 Å². The first-order valence-corrected chi connectivity index (χ1v) is 6.20. The van der Waals surface area contributed by atoms with Crippen molar-refractivity contribution >= 4 is 34.4 Å². The standard InChI is InChI=1S/C7H12N2O2S2/c1-6(11-7(10)4-12)13(8)3-2-9-5-13/h2-3,5-6,12H,4,8H2,1H3. The number of thiol groups is 1. The lowest BCUT2D eigenvalue weighted by molar-refractivity contribution is -0.141. The van der Waals surface area contributed by atoms with Crippen molar-refractivity contribution in [3.8, 4) is 0 Å². The van der Waals surface area contributed by atoms with E-state index < -0.39 is 10.2 Å². The number of hydrogen-bond donors (Lipinski definition) is 2. The van der Waals surface area contributed by atoms with Gasteiger partial charge in [0.25, 0.3) is 0 Å². The fraction of sp³-hybridized carbons (Fsp3) is 0.429. The van der Waals surface area contributed by atoms with Gasteiger partial charge >= 0.3 is 5.97 Å². The largest absolute Gasteiger partial charge is 0.451 e. The second kappa shape index (κ2) is 4.17. The molecule has 0 aliphatic carbocycles. The number of ether oxygens (including phenoxy) is 1. The van der Waals surface area contributed by atoms with Gasteiger partial charge in [0, 0.05) is 6.20 Å². The van der Waals surface area contributed by atoms with E-state index >= 15 is 0 Å². The first kappa shape index (κ1) is 10.6. The van der Waals surface area contributed by atoms with E-state index in [1.165, 1.54) is 0 Å². The predicted molar refractivity (Wildman–Crippen MR) is 58.8 cm³/mol. The van der Waals surface area contributed by atoms with Crippen molar-refractivity contribution in [1.82, 2.24) is 0 Å². The third-order valence-corrected chi connectivity index (χ3v) is 4.21. The summed E-state index contributed by atoms with van der Waals surface area (Å²) in [5.74, 6) is -0.289. The Kier molecular flexibility index (Phi) is 3.40. The third kappa shape index (κ3) is 2.49. The first-order chi connectivity index (χ1) is 6.08. The highest BCUT2D eigenvalue weighted by Crippen LogP contribution is 2.46. The molecule has 2 N–H and O–H groups in total. The van der Waals surface area contributed by atoms with Crippen LogP contribution < -0.4 is 5.14 Å². The molecule has 74 valence electrons. The highest BCUT2D eigenvalue weighted by molar-refractivity contribution is 8.45. The van der Waals surface area contributed by atoms with Gasteiger partial charge < -0.3 is 4.74 Å². The van der Waals surface area contributed by atoms with Gasteiger partial charge in [0.2, 0.25) is 0 Å². The quantitative estimate of drug-likeness (QED) is 0.551. The molecule has 2 atom stereocenters. The molecule has 0 aromatic rings. The van der Waals surface area contributed by atoms with E-state index in [-0.39, 0.29) is 17.2 Å². The van der Waals surface area contributed by atoms with Crippen LogP contribution in [0.2, 0.25) is 0 Å². The van der Waals surface area contributed by atoms with Gasteiger partial charge in [-0.3, -0.25) is 14.9 Å². The van der Waals surface area contributed by atoms with E-state index in [0.717, 1.165) is 0 Å². The smallest absolute Gasteiger partial charge is 0.316 e. The molecule has 1 rings (SSSR count). The molecule has 1 heterocycles. The summed E-state index contributed by atoms with van der Waals surface area (Å²) < 4.78 is 5.04. The number of carbonyl (C=O) groups is 1. The Morgan fingerprint density at radius 1 is 1.85 bits per heavy atom. The van der Waals surface area contributed by atoms with E-state index in [2.05, 4.69) is 17.6 Å². The average Bonchev–Trinajstić information content (AvgIpc) is 2.53. The van der Waals surface area contributed by atoms with Crippen LogP contribution in [0.3, 0.4) is 0 Å². The van der Waals surface area contributed by atoms with Gasteiger partial charge in [-0.2, -0.15) is 12.6 Å². The lowest BCUT2D eigenvalue weighted by atomic mass is 10.7. The molecule has 0 aromatic carbocycles. The second-order valence-electron chi connectivity index (χ2n) is 2.57. The Morgan fingerprint density at radius 2 is 2.54 bits per heavy atom. The summed E-state index contributed by atoms with van der Waals surface area (Å²) in [6, 6.07) is 0. The molecule has 1 aliphatic rings. The number of carbonyl (C=O) groups excluding carboxylic acids is 1. The molecular weight excluding hydrogens is 208 g/mol. The van der Waals surface area contributed by atoms with E-state index in [9.17, 15) is 4.79 Å². The minimum Gasteiger partial charge on any atom is -0.451 e. The van der Waals surface area contributed by atoms with Crippen LogP contribution >= 0.6 is 22.8 Å². The number of hydrogen-bond acceptors (Lipinski definition) is 5. The van der Waals surface area contributed by atoms with E-state index in [0.29, 0.717) is 0 Å². The Bertz CT molecular complexity index is 253. The summed E-state index contributed by atoms with van der Waals surface area (Å²) in [6.07, 6.45) is 1.63. The summed E-state index contributed by atoms with van der Waals surface area (Å²) in [4.78, 5) is 14.8. The van der Waals surface area contributed by atoms with E-state index in [1.807, 2.05) is 0 Å². The maximum absolute atomic E-state index is 10.9. The second-order valence-corrected chi connectivity index (χ2v) is 5.67. The number of nitrogens with zero attached hydrogens (tertiary/aromatic N) is 1. The van der Waals surface area contributed by atoms with Gasteiger partial charge in [-0.1, -0.05) is 10.2 Å². The molecule has 0 aromatic heterocycles. The number of aliphatic imine (C=N–C) groups is 1. The molecule has 0 bridgehead atoms. The van der Waals surface area contributed by atoms with Crippen molar-refractivity contribution in [2.45, 2.75) is 12.4 Å². The van der Waals surface area contributed by atoms with Crippen molar-refractivity contribution in [3.05, 3.63) is 11.6 Å². The summed E-state index contributed by atoms with van der Waals surface area (Å²) in [5, 5.41) is 7.73. The molecule has 13 heavy (non-hydrogen) atoms. The molecule has 2 unspecified atom stereocenters. The normalized spacial score (nSPS) is 32.5. The van der Waals surface area contributed by atoms with Crippen molar-refractivity contribution in [3.63, 3.8) is 0 Å². The lowest BCUT2D eigenvalue weighted by Crippen LogP contribution is -2.26. The Labute approximate surface area is 84.1 Å². The van der Waals surface area contributed by atoms with Crippen molar-refractivity contribution < 1.29 is 9.53 Å². The maximum atomic E-state index is 10.9. The zero-order valence-corrected chi connectivity index (χ0v) is 8.92. The van der Waals surface area contributed by atoms with Crippen LogP contribution in [-0.2, 0) is 9.53 Å². The third-order valence-electron chi connectivity index (χ3n) is 1.63. The highest BCUT2D eigenvalue weighted by atomic mass is 32.3. The monoisotopic (exact) mass is 220 g/mol. The molecule has 0 fully saturated rings.